The highest BCUT2D eigenvalue weighted by Gasteiger charge is 2.25. The molecular weight excluding hydrogens is 216 g/mol. The molecule has 1 saturated heterocycles. The van der Waals surface area contributed by atoms with E-state index in [2.05, 4.69) is 10.6 Å². The number of morpholine rings is 1. The smallest absolute Gasteiger partial charge is 0.280 e. The summed E-state index contributed by atoms with van der Waals surface area (Å²) < 4.78 is 32.5. The first-order chi connectivity index (χ1) is 7.10. The van der Waals surface area contributed by atoms with Crippen LogP contribution in [-0.4, -0.2) is 45.1 Å². The maximum atomic E-state index is 11.8. The van der Waals surface area contributed by atoms with Crippen LogP contribution in [0.1, 0.15) is 13.3 Å². The highest BCUT2D eigenvalue weighted by Crippen LogP contribution is 2.04. The van der Waals surface area contributed by atoms with Gasteiger partial charge in [0.25, 0.3) is 10.2 Å². The predicted molar refractivity (Wildman–Crippen MR) is 57.4 cm³/mol. The van der Waals surface area contributed by atoms with Crippen LogP contribution in [0.25, 0.3) is 0 Å². The molecule has 1 aliphatic rings. The quantitative estimate of drug-likeness (QED) is 0.669. The van der Waals surface area contributed by atoms with Crippen molar-refractivity contribution in [3.63, 3.8) is 0 Å². The SMILES string of the molecule is C#CC(CC)NS(=O)(=O)N1CCOCC1. The molecule has 6 heteroatoms. The van der Waals surface area contributed by atoms with Gasteiger partial charge in [-0.15, -0.1) is 6.42 Å². The van der Waals surface area contributed by atoms with Gasteiger partial charge in [-0.25, -0.2) is 0 Å². The fraction of sp³-hybridized carbons (Fsp3) is 0.778. The maximum absolute atomic E-state index is 11.8. The van der Waals surface area contributed by atoms with E-state index in [-0.39, 0.29) is 0 Å². The van der Waals surface area contributed by atoms with Gasteiger partial charge in [-0.2, -0.15) is 17.4 Å². The fourth-order valence-corrected chi connectivity index (χ4v) is 2.65. The van der Waals surface area contributed by atoms with Crippen molar-refractivity contribution in [2.45, 2.75) is 19.4 Å². The minimum Gasteiger partial charge on any atom is -0.379 e. The minimum atomic E-state index is -3.45. The number of hydrogen-bond donors (Lipinski definition) is 1. The van der Waals surface area contributed by atoms with Gasteiger partial charge >= 0.3 is 0 Å². The van der Waals surface area contributed by atoms with Crippen LogP contribution < -0.4 is 4.72 Å². The maximum Gasteiger partial charge on any atom is 0.280 e. The van der Waals surface area contributed by atoms with Gasteiger partial charge in [-0.05, 0) is 6.42 Å². The molecule has 1 fully saturated rings. The van der Waals surface area contributed by atoms with E-state index in [1.165, 1.54) is 4.31 Å². The van der Waals surface area contributed by atoms with E-state index in [9.17, 15) is 8.42 Å². The molecule has 0 amide bonds. The van der Waals surface area contributed by atoms with E-state index in [4.69, 9.17) is 11.2 Å². The first kappa shape index (κ1) is 12.5. The van der Waals surface area contributed by atoms with Gasteiger partial charge in [0, 0.05) is 13.1 Å². The molecule has 1 unspecified atom stereocenters. The molecule has 1 heterocycles. The second-order valence-corrected chi connectivity index (χ2v) is 4.96. The van der Waals surface area contributed by atoms with Crippen molar-refractivity contribution < 1.29 is 13.2 Å². The first-order valence-electron chi connectivity index (χ1n) is 4.91. The Labute approximate surface area is 91.0 Å². The normalized spacial score (nSPS) is 20.8. The standard InChI is InChI=1S/C9H16N2O3S/c1-3-9(4-2)10-15(12,13)11-5-7-14-8-6-11/h1,9-10H,4-8H2,2H3. The van der Waals surface area contributed by atoms with Crippen molar-refractivity contribution >= 4 is 10.2 Å². The molecule has 0 aliphatic carbocycles. The highest BCUT2D eigenvalue weighted by molar-refractivity contribution is 7.87. The summed E-state index contributed by atoms with van der Waals surface area (Å²) in [6, 6.07) is -0.433. The van der Waals surface area contributed by atoms with Crippen LogP contribution in [0.3, 0.4) is 0 Å². The molecule has 86 valence electrons. The average molecular weight is 232 g/mol. The first-order valence-corrected chi connectivity index (χ1v) is 6.35. The van der Waals surface area contributed by atoms with E-state index in [1.807, 2.05) is 6.92 Å². The van der Waals surface area contributed by atoms with Crippen LogP contribution in [0.4, 0.5) is 0 Å². The topological polar surface area (TPSA) is 58.6 Å². The van der Waals surface area contributed by atoms with Crippen LogP contribution in [0.5, 0.6) is 0 Å². The molecule has 0 radical (unpaired) electrons. The lowest BCUT2D eigenvalue weighted by atomic mass is 10.3. The molecule has 5 nitrogen and oxygen atoms in total. The molecule has 1 aliphatic heterocycles. The summed E-state index contributed by atoms with van der Waals surface area (Å²) >= 11 is 0. The molecule has 1 N–H and O–H groups in total. The predicted octanol–water partition coefficient (Wildman–Crippen LogP) is -0.435. The Morgan fingerprint density at radius 2 is 2.13 bits per heavy atom. The van der Waals surface area contributed by atoms with Crippen LogP contribution in [0.15, 0.2) is 0 Å². The van der Waals surface area contributed by atoms with Gasteiger partial charge in [-0.1, -0.05) is 12.8 Å². The third-order valence-electron chi connectivity index (χ3n) is 2.21. The zero-order valence-corrected chi connectivity index (χ0v) is 9.59. The summed E-state index contributed by atoms with van der Waals surface area (Å²) in [5.41, 5.74) is 0. The van der Waals surface area contributed by atoms with E-state index in [0.717, 1.165) is 0 Å². The Hall–Kier alpha value is -0.610. The molecule has 0 aromatic carbocycles. The summed E-state index contributed by atoms with van der Waals surface area (Å²) in [6.07, 6.45) is 5.78. The lowest BCUT2D eigenvalue weighted by Crippen LogP contribution is -2.49. The molecule has 0 aromatic rings. The van der Waals surface area contributed by atoms with Crippen molar-refractivity contribution in [2.75, 3.05) is 26.3 Å². The molecule has 1 rings (SSSR count). The molecule has 0 aromatic heterocycles. The minimum absolute atomic E-state index is 0.385. The number of terminal acetylenes is 1. The molecule has 1 atom stereocenters. The van der Waals surface area contributed by atoms with Crippen molar-refractivity contribution in [1.29, 1.82) is 0 Å². The van der Waals surface area contributed by atoms with Crippen LogP contribution in [0, 0.1) is 12.3 Å². The Morgan fingerprint density at radius 3 is 2.60 bits per heavy atom. The number of rotatable bonds is 4. The second kappa shape index (κ2) is 5.47. The van der Waals surface area contributed by atoms with Crippen LogP contribution >= 0.6 is 0 Å². The molecule has 0 spiro atoms. The van der Waals surface area contributed by atoms with Gasteiger partial charge < -0.3 is 4.74 Å². The Balaban J connectivity index is 2.61. The van der Waals surface area contributed by atoms with Gasteiger partial charge in [0.1, 0.15) is 0 Å². The summed E-state index contributed by atoms with van der Waals surface area (Å²) in [5.74, 6) is 2.40. The lowest BCUT2D eigenvalue weighted by molar-refractivity contribution is 0.0724. The third-order valence-corrected chi connectivity index (χ3v) is 3.84. The molecule has 15 heavy (non-hydrogen) atoms. The summed E-state index contributed by atoms with van der Waals surface area (Å²) in [7, 11) is -3.45. The van der Waals surface area contributed by atoms with Gasteiger partial charge in [0.2, 0.25) is 0 Å². The fourth-order valence-electron chi connectivity index (χ4n) is 1.28. The number of ether oxygens (including phenoxy) is 1. The third kappa shape index (κ3) is 3.47. The monoisotopic (exact) mass is 232 g/mol. The lowest BCUT2D eigenvalue weighted by Gasteiger charge is -2.27. The van der Waals surface area contributed by atoms with Crippen molar-refractivity contribution in [1.82, 2.24) is 9.03 Å². The van der Waals surface area contributed by atoms with Crippen molar-refractivity contribution in [2.24, 2.45) is 0 Å². The summed E-state index contributed by atoms with van der Waals surface area (Å²) in [6.45, 7) is 3.49. The summed E-state index contributed by atoms with van der Waals surface area (Å²) in [4.78, 5) is 0. The molecule has 0 bridgehead atoms. The highest BCUT2D eigenvalue weighted by atomic mass is 32.2. The van der Waals surface area contributed by atoms with Gasteiger partial charge in [0.05, 0.1) is 19.3 Å². The van der Waals surface area contributed by atoms with Crippen LogP contribution in [-0.2, 0) is 14.9 Å². The zero-order valence-electron chi connectivity index (χ0n) is 8.77. The zero-order chi connectivity index (χ0) is 11.3. The molecular formula is C9H16N2O3S. The van der Waals surface area contributed by atoms with E-state index >= 15 is 0 Å². The Morgan fingerprint density at radius 1 is 1.53 bits per heavy atom. The average Bonchev–Trinajstić information content (AvgIpc) is 2.27. The number of nitrogens with zero attached hydrogens (tertiary/aromatic N) is 1. The van der Waals surface area contributed by atoms with Gasteiger partial charge in [-0.3, -0.25) is 0 Å². The van der Waals surface area contributed by atoms with Crippen LogP contribution in [0.2, 0.25) is 0 Å². The number of nitrogens with one attached hydrogen (secondary N) is 1. The van der Waals surface area contributed by atoms with Crippen molar-refractivity contribution in [3.05, 3.63) is 0 Å². The summed E-state index contributed by atoms with van der Waals surface area (Å²) in [5, 5.41) is 0. The number of hydrogen-bond acceptors (Lipinski definition) is 3. The van der Waals surface area contributed by atoms with E-state index < -0.39 is 16.3 Å². The Bertz CT molecular complexity index is 328. The molecule has 0 saturated carbocycles. The van der Waals surface area contributed by atoms with Crippen molar-refractivity contribution in [3.8, 4) is 12.3 Å². The van der Waals surface area contributed by atoms with E-state index in [0.29, 0.717) is 32.7 Å². The largest absolute Gasteiger partial charge is 0.379 e. The van der Waals surface area contributed by atoms with Gasteiger partial charge in [0.15, 0.2) is 0 Å². The second-order valence-electron chi connectivity index (χ2n) is 3.26. The van der Waals surface area contributed by atoms with E-state index in [1.54, 1.807) is 0 Å². The Kier molecular flexibility index (Phi) is 4.54.